The van der Waals surface area contributed by atoms with E-state index in [1.165, 1.54) is 11.3 Å². The van der Waals surface area contributed by atoms with Gasteiger partial charge >= 0.3 is 0 Å². The number of aromatic nitrogens is 1. The zero-order valence-electron chi connectivity index (χ0n) is 12.7. The Morgan fingerprint density at radius 2 is 2.14 bits per heavy atom. The van der Waals surface area contributed by atoms with E-state index in [0.717, 1.165) is 30.1 Å². The molecule has 1 aliphatic heterocycles. The Morgan fingerprint density at radius 3 is 2.76 bits per heavy atom. The molecule has 6 heteroatoms. The molecule has 2 heterocycles. The molecule has 3 rings (SSSR count). The van der Waals surface area contributed by atoms with Crippen LogP contribution in [0.15, 0.2) is 0 Å². The van der Waals surface area contributed by atoms with Gasteiger partial charge in [-0.2, -0.15) is 0 Å². The van der Waals surface area contributed by atoms with E-state index in [9.17, 15) is 9.59 Å². The highest BCUT2D eigenvalue weighted by atomic mass is 32.1. The second-order valence-corrected chi connectivity index (χ2v) is 7.93. The molecule has 114 valence electrons. The fourth-order valence-corrected chi connectivity index (χ4v) is 3.79. The number of nitrogens with one attached hydrogen (secondary N) is 2. The molecule has 2 N–H and O–H groups in total. The van der Waals surface area contributed by atoms with Crippen LogP contribution in [0.25, 0.3) is 0 Å². The van der Waals surface area contributed by atoms with Gasteiger partial charge in [0.05, 0.1) is 10.6 Å². The van der Waals surface area contributed by atoms with Crippen LogP contribution < -0.4 is 10.6 Å². The highest BCUT2D eigenvalue weighted by Gasteiger charge is 2.35. The number of carbonyl (C=O) groups excluding carboxylic acids is 2. The number of fused-ring (bicyclic) bond motifs is 1. The van der Waals surface area contributed by atoms with Crippen molar-refractivity contribution < 1.29 is 9.59 Å². The van der Waals surface area contributed by atoms with Gasteiger partial charge in [-0.25, -0.2) is 4.98 Å². The zero-order valence-corrected chi connectivity index (χ0v) is 13.5. The molecule has 5 nitrogen and oxygen atoms in total. The van der Waals surface area contributed by atoms with E-state index in [-0.39, 0.29) is 23.0 Å². The van der Waals surface area contributed by atoms with Crippen molar-refractivity contribution in [1.29, 1.82) is 0 Å². The van der Waals surface area contributed by atoms with Crippen LogP contribution in [-0.4, -0.2) is 29.8 Å². The molecule has 21 heavy (non-hydrogen) atoms. The van der Waals surface area contributed by atoms with E-state index < -0.39 is 0 Å². The van der Waals surface area contributed by atoms with E-state index in [2.05, 4.69) is 29.5 Å². The topological polar surface area (TPSA) is 71.1 Å². The van der Waals surface area contributed by atoms with Gasteiger partial charge in [-0.05, 0) is 30.8 Å². The fourth-order valence-electron chi connectivity index (χ4n) is 2.87. The van der Waals surface area contributed by atoms with Crippen LogP contribution in [0.3, 0.4) is 0 Å². The Morgan fingerprint density at radius 1 is 1.43 bits per heavy atom. The summed E-state index contributed by atoms with van der Waals surface area (Å²) in [6, 6.07) is 0. The minimum absolute atomic E-state index is 0.000642. The van der Waals surface area contributed by atoms with Gasteiger partial charge in [0.25, 0.3) is 0 Å². The standard InChI is InChI=1S/C15H21N3O2S/c1-8(9-6-16-7-9)13(20)18-14-17-10-4-15(2,3)5-11(19)12(10)21-14/h8-9,16H,4-7H2,1-3H3,(H,17,18,20). The molecule has 0 radical (unpaired) electrons. The van der Waals surface area contributed by atoms with E-state index in [1.54, 1.807) is 0 Å². The molecular formula is C15H21N3O2S. The Hall–Kier alpha value is -1.27. The molecule has 1 aromatic heterocycles. The van der Waals surface area contributed by atoms with Gasteiger partial charge in [-0.1, -0.05) is 32.1 Å². The number of nitrogens with zero attached hydrogens (tertiary/aromatic N) is 1. The average Bonchev–Trinajstić information content (AvgIpc) is 2.67. The minimum atomic E-state index is -0.0374. The number of thiazole rings is 1. The smallest absolute Gasteiger partial charge is 0.229 e. The number of ketones is 1. The summed E-state index contributed by atoms with van der Waals surface area (Å²) in [6.07, 6.45) is 1.35. The number of hydrogen-bond donors (Lipinski definition) is 2. The molecule has 0 aromatic carbocycles. The molecule has 0 spiro atoms. The Kier molecular flexibility index (Phi) is 3.61. The summed E-state index contributed by atoms with van der Waals surface area (Å²) in [6.45, 7) is 7.90. The molecule has 1 aromatic rings. The maximum Gasteiger partial charge on any atom is 0.229 e. The van der Waals surface area contributed by atoms with Gasteiger partial charge in [0.15, 0.2) is 10.9 Å². The summed E-state index contributed by atoms with van der Waals surface area (Å²) in [7, 11) is 0. The lowest BCUT2D eigenvalue weighted by atomic mass is 9.78. The zero-order chi connectivity index (χ0) is 15.2. The van der Waals surface area contributed by atoms with Gasteiger partial charge in [0.2, 0.25) is 5.91 Å². The number of rotatable bonds is 3. The lowest BCUT2D eigenvalue weighted by Crippen LogP contribution is -2.48. The van der Waals surface area contributed by atoms with Crippen molar-refractivity contribution in [3.05, 3.63) is 10.6 Å². The number of Topliss-reactive ketones (excluding diaryl/α,β-unsaturated/α-hetero) is 1. The summed E-state index contributed by atoms with van der Waals surface area (Å²) in [5.74, 6) is 0.522. The van der Waals surface area contributed by atoms with E-state index in [0.29, 0.717) is 17.5 Å². The Labute approximate surface area is 128 Å². The largest absolute Gasteiger partial charge is 0.316 e. The maximum atomic E-state index is 12.2. The molecule has 1 fully saturated rings. The Balaban J connectivity index is 1.73. The van der Waals surface area contributed by atoms with Crippen molar-refractivity contribution in [2.45, 2.75) is 33.6 Å². The van der Waals surface area contributed by atoms with Crippen molar-refractivity contribution in [3.63, 3.8) is 0 Å². The number of amides is 1. The predicted octanol–water partition coefficient (Wildman–Crippen LogP) is 2.09. The van der Waals surface area contributed by atoms with Crippen LogP contribution in [-0.2, 0) is 11.2 Å². The van der Waals surface area contributed by atoms with Crippen LogP contribution >= 0.6 is 11.3 Å². The lowest BCUT2D eigenvalue weighted by molar-refractivity contribution is -0.121. The average molecular weight is 307 g/mol. The van der Waals surface area contributed by atoms with Crippen LogP contribution in [0, 0.1) is 17.3 Å². The molecular weight excluding hydrogens is 286 g/mol. The monoisotopic (exact) mass is 307 g/mol. The quantitative estimate of drug-likeness (QED) is 0.897. The van der Waals surface area contributed by atoms with Crippen LogP contribution in [0.1, 0.15) is 42.6 Å². The van der Waals surface area contributed by atoms with Crippen molar-refractivity contribution in [1.82, 2.24) is 10.3 Å². The summed E-state index contributed by atoms with van der Waals surface area (Å²) >= 11 is 1.32. The molecule has 1 amide bonds. The number of hydrogen-bond acceptors (Lipinski definition) is 5. The maximum absolute atomic E-state index is 12.2. The highest BCUT2D eigenvalue weighted by Crippen LogP contribution is 2.38. The van der Waals surface area contributed by atoms with E-state index in [4.69, 9.17) is 0 Å². The number of carbonyl (C=O) groups is 2. The lowest BCUT2D eigenvalue weighted by Gasteiger charge is -2.31. The van der Waals surface area contributed by atoms with Gasteiger partial charge < -0.3 is 10.6 Å². The SMILES string of the molecule is CC(C(=O)Nc1nc2c(s1)C(=O)CC(C)(C)C2)C1CNC1. The molecule has 1 saturated heterocycles. The first-order chi connectivity index (χ1) is 9.85. The molecule has 0 bridgehead atoms. The highest BCUT2D eigenvalue weighted by molar-refractivity contribution is 7.17. The van der Waals surface area contributed by atoms with E-state index in [1.807, 2.05) is 6.92 Å². The molecule has 0 saturated carbocycles. The predicted molar refractivity (Wildman–Crippen MR) is 82.7 cm³/mol. The molecule has 2 aliphatic rings. The van der Waals surface area contributed by atoms with Gasteiger partial charge in [-0.3, -0.25) is 9.59 Å². The van der Waals surface area contributed by atoms with Gasteiger partial charge in [0.1, 0.15) is 0 Å². The van der Waals surface area contributed by atoms with Crippen LogP contribution in [0.2, 0.25) is 0 Å². The molecule has 1 aliphatic carbocycles. The summed E-state index contributed by atoms with van der Waals surface area (Å²) < 4.78 is 0. The summed E-state index contributed by atoms with van der Waals surface area (Å²) in [4.78, 5) is 29.6. The first kappa shape index (κ1) is 14.7. The second kappa shape index (κ2) is 5.18. The number of anilines is 1. The summed E-state index contributed by atoms with van der Waals surface area (Å²) in [5, 5.41) is 6.63. The fraction of sp³-hybridized carbons (Fsp3) is 0.667. The third-order valence-electron chi connectivity index (χ3n) is 4.40. The molecule has 1 atom stereocenters. The first-order valence-corrected chi connectivity index (χ1v) is 8.22. The third-order valence-corrected chi connectivity index (χ3v) is 5.45. The van der Waals surface area contributed by atoms with Crippen LogP contribution in [0.5, 0.6) is 0 Å². The van der Waals surface area contributed by atoms with Gasteiger partial charge in [-0.15, -0.1) is 0 Å². The molecule has 1 unspecified atom stereocenters. The van der Waals surface area contributed by atoms with Crippen LogP contribution in [0.4, 0.5) is 5.13 Å². The van der Waals surface area contributed by atoms with Gasteiger partial charge in [0, 0.05) is 12.3 Å². The first-order valence-electron chi connectivity index (χ1n) is 7.40. The van der Waals surface area contributed by atoms with Crippen molar-refractivity contribution in [3.8, 4) is 0 Å². The summed E-state index contributed by atoms with van der Waals surface area (Å²) in [5.41, 5.74) is 0.805. The normalized spacial score (nSPS) is 22.3. The third kappa shape index (κ3) is 2.87. The van der Waals surface area contributed by atoms with E-state index >= 15 is 0 Å². The Bertz CT molecular complexity index is 590. The van der Waals surface area contributed by atoms with Crippen molar-refractivity contribution in [2.24, 2.45) is 17.3 Å². The second-order valence-electron chi connectivity index (χ2n) is 6.93. The minimum Gasteiger partial charge on any atom is -0.316 e. The van der Waals surface area contributed by atoms with Crippen molar-refractivity contribution >= 4 is 28.2 Å². The van der Waals surface area contributed by atoms with Crippen molar-refractivity contribution in [2.75, 3.05) is 18.4 Å².